The summed E-state index contributed by atoms with van der Waals surface area (Å²) in [6, 6.07) is 14.8. The summed E-state index contributed by atoms with van der Waals surface area (Å²) in [6.45, 7) is 2.97. The Kier molecular flexibility index (Phi) is 6.67. The Morgan fingerprint density at radius 2 is 1.81 bits per heavy atom. The van der Waals surface area contributed by atoms with E-state index in [0.29, 0.717) is 12.0 Å². The largest absolute Gasteiger partial charge is 0.490 e. The molecule has 2 aromatic carbocycles. The summed E-state index contributed by atoms with van der Waals surface area (Å²) >= 11 is 0. The molecule has 0 spiro atoms. The van der Waals surface area contributed by atoms with Crippen molar-refractivity contribution in [1.82, 2.24) is 0 Å². The van der Waals surface area contributed by atoms with Gasteiger partial charge in [-0.05, 0) is 92.8 Å². The average Bonchev–Trinajstić information content (AvgIpc) is 2.68. The summed E-state index contributed by atoms with van der Waals surface area (Å²) in [5.41, 5.74) is 9.65. The molecule has 146 valence electrons. The van der Waals surface area contributed by atoms with Crippen LogP contribution in [-0.2, 0) is 6.42 Å². The number of benzene rings is 2. The second-order valence-electron chi connectivity index (χ2n) is 7.77. The lowest BCUT2D eigenvalue weighted by molar-refractivity contribution is 0.132. The monoisotopic (exact) mass is 387 g/mol. The highest BCUT2D eigenvalue weighted by Gasteiger charge is 2.24. The highest BCUT2D eigenvalue weighted by atomic mass is 35.5. The molecule has 1 aliphatic heterocycles. The summed E-state index contributed by atoms with van der Waals surface area (Å²) in [5.74, 6) is 2.67. The highest BCUT2D eigenvalue weighted by molar-refractivity contribution is 5.85. The maximum Gasteiger partial charge on any atom is 0.124 e. The molecule has 1 unspecified atom stereocenters. The van der Waals surface area contributed by atoms with E-state index < -0.39 is 0 Å². The molecule has 1 atom stereocenters. The number of rotatable bonds is 4. The van der Waals surface area contributed by atoms with Gasteiger partial charge in [-0.2, -0.15) is 0 Å². The highest BCUT2D eigenvalue weighted by Crippen LogP contribution is 2.38. The number of hydrogen-bond acceptors (Lipinski definition) is 3. The maximum atomic E-state index is 6.30. The zero-order chi connectivity index (χ0) is 17.9. The first kappa shape index (κ1) is 20.0. The van der Waals surface area contributed by atoms with E-state index in [1.54, 1.807) is 0 Å². The summed E-state index contributed by atoms with van der Waals surface area (Å²) in [5, 5.41) is 0. The molecule has 0 amide bonds. The zero-order valence-electron chi connectivity index (χ0n) is 16.0. The first-order chi connectivity index (χ1) is 12.7. The van der Waals surface area contributed by atoms with Crippen molar-refractivity contribution in [3.8, 4) is 11.5 Å². The molecule has 4 heteroatoms. The van der Waals surface area contributed by atoms with Crippen molar-refractivity contribution >= 4 is 12.4 Å². The Morgan fingerprint density at radius 3 is 2.56 bits per heavy atom. The molecule has 1 aliphatic carbocycles. The molecule has 1 saturated carbocycles. The molecule has 0 bridgehead atoms. The lowest BCUT2D eigenvalue weighted by Gasteiger charge is -2.30. The minimum Gasteiger partial charge on any atom is -0.490 e. The van der Waals surface area contributed by atoms with E-state index in [0.717, 1.165) is 43.7 Å². The van der Waals surface area contributed by atoms with Crippen molar-refractivity contribution in [2.75, 3.05) is 6.54 Å². The summed E-state index contributed by atoms with van der Waals surface area (Å²) in [7, 11) is 0. The second kappa shape index (κ2) is 8.99. The third-order valence-electron chi connectivity index (χ3n) is 5.94. The topological polar surface area (TPSA) is 44.5 Å². The molecule has 2 aliphatic rings. The molecule has 2 N–H and O–H groups in total. The fourth-order valence-corrected chi connectivity index (χ4v) is 4.28. The number of aryl methyl sites for hydroxylation is 2. The van der Waals surface area contributed by atoms with Gasteiger partial charge in [0.2, 0.25) is 0 Å². The molecule has 27 heavy (non-hydrogen) atoms. The van der Waals surface area contributed by atoms with Gasteiger partial charge in [0.25, 0.3) is 0 Å². The fourth-order valence-electron chi connectivity index (χ4n) is 4.28. The number of hydrogen-bond donors (Lipinski definition) is 1. The van der Waals surface area contributed by atoms with Crippen LogP contribution in [0.3, 0.4) is 0 Å². The molecule has 4 rings (SSSR count). The van der Waals surface area contributed by atoms with Crippen molar-refractivity contribution in [3.05, 3.63) is 59.2 Å². The maximum absolute atomic E-state index is 6.30. The zero-order valence-corrected chi connectivity index (χ0v) is 16.8. The number of nitrogens with two attached hydrogens (primary N) is 1. The van der Waals surface area contributed by atoms with Crippen LogP contribution in [0, 0.1) is 12.8 Å². The van der Waals surface area contributed by atoms with Gasteiger partial charge in [-0.1, -0.05) is 24.3 Å². The predicted octanol–water partition coefficient (Wildman–Crippen LogP) is 5.38. The molecule has 0 radical (unpaired) electrons. The van der Waals surface area contributed by atoms with Gasteiger partial charge in [-0.25, -0.2) is 0 Å². The lowest BCUT2D eigenvalue weighted by Crippen LogP contribution is -2.27. The molecule has 0 aromatic heterocycles. The van der Waals surface area contributed by atoms with E-state index in [4.69, 9.17) is 15.2 Å². The van der Waals surface area contributed by atoms with Crippen LogP contribution in [0.1, 0.15) is 54.9 Å². The van der Waals surface area contributed by atoms with Crippen molar-refractivity contribution in [3.63, 3.8) is 0 Å². The molecular formula is C23H30ClNO2. The Hall–Kier alpha value is -1.71. The quantitative estimate of drug-likeness (QED) is 0.765. The van der Waals surface area contributed by atoms with Gasteiger partial charge in [0.15, 0.2) is 0 Å². The minimum absolute atomic E-state index is 0. The van der Waals surface area contributed by atoms with Crippen molar-refractivity contribution < 1.29 is 9.47 Å². The van der Waals surface area contributed by atoms with Gasteiger partial charge in [0.1, 0.15) is 17.6 Å². The van der Waals surface area contributed by atoms with Gasteiger partial charge in [0.05, 0.1) is 6.10 Å². The van der Waals surface area contributed by atoms with E-state index in [2.05, 4.69) is 49.4 Å². The van der Waals surface area contributed by atoms with Gasteiger partial charge >= 0.3 is 0 Å². The SMILES string of the molecule is Cc1ccccc1C1CCc2cc(O[C@H]3CC[C@@H](CN)CC3)ccc2O1.Cl. The minimum atomic E-state index is 0. The Bertz CT molecular complexity index is 756. The summed E-state index contributed by atoms with van der Waals surface area (Å²) in [6.07, 6.45) is 7.15. The smallest absolute Gasteiger partial charge is 0.124 e. The third kappa shape index (κ3) is 4.59. The van der Waals surface area contributed by atoms with Crippen LogP contribution in [0.15, 0.2) is 42.5 Å². The van der Waals surface area contributed by atoms with Gasteiger partial charge in [-0.3, -0.25) is 0 Å². The summed E-state index contributed by atoms with van der Waals surface area (Å²) in [4.78, 5) is 0. The van der Waals surface area contributed by atoms with E-state index in [1.165, 1.54) is 29.5 Å². The molecule has 0 saturated heterocycles. The van der Waals surface area contributed by atoms with E-state index in [-0.39, 0.29) is 18.5 Å². The first-order valence-electron chi connectivity index (χ1n) is 9.95. The Balaban J connectivity index is 0.00000210. The molecule has 2 aromatic rings. The van der Waals surface area contributed by atoms with Crippen molar-refractivity contribution in [1.29, 1.82) is 0 Å². The number of halogens is 1. The predicted molar refractivity (Wildman–Crippen MR) is 112 cm³/mol. The normalized spacial score (nSPS) is 24.3. The number of ether oxygens (including phenoxy) is 2. The molecule has 1 heterocycles. The van der Waals surface area contributed by atoms with Crippen LogP contribution < -0.4 is 15.2 Å². The third-order valence-corrected chi connectivity index (χ3v) is 5.94. The van der Waals surface area contributed by atoms with Crippen molar-refractivity contribution in [2.24, 2.45) is 11.7 Å². The van der Waals surface area contributed by atoms with Crippen LogP contribution in [0.4, 0.5) is 0 Å². The second-order valence-corrected chi connectivity index (χ2v) is 7.77. The fraction of sp³-hybridized carbons (Fsp3) is 0.478. The van der Waals surface area contributed by atoms with Crippen LogP contribution in [-0.4, -0.2) is 12.6 Å². The lowest BCUT2D eigenvalue weighted by atomic mass is 9.87. The summed E-state index contributed by atoms with van der Waals surface area (Å²) < 4.78 is 12.6. The van der Waals surface area contributed by atoms with Crippen LogP contribution in [0.5, 0.6) is 11.5 Å². The molecular weight excluding hydrogens is 358 g/mol. The van der Waals surface area contributed by atoms with Crippen LogP contribution >= 0.6 is 12.4 Å². The van der Waals surface area contributed by atoms with Gasteiger partial charge in [0, 0.05) is 0 Å². The van der Waals surface area contributed by atoms with Crippen LogP contribution in [0.2, 0.25) is 0 Å². The number of fused-ring (bicyclic) bond motifs is 1. The van der Waals surface area contributed by atoms with Gasteiger partial charge in [-0.15, -0.1) is 12.4 Å². The Labute approximate surface area is 168 Å². The van der Waals surface area contributed by atoms with Gasteiger partial charge < -0.3 is 15.2 Å². The molecule has 1 fully saturated rings. The van der Waals surface area contributed by atoms with E-state index in [1.807, 2.05) is 0 Å². The average molecular weight is 388 g/mol. The first-order valence-corrected chi connectivity index (χ1v) is 9.95. The standard InChI is InChI=1S/C23H29NO2.ClH/c1-16-4-2-3-5-21(16)23-12-8-18-14-20(11-13-22(18)26-23)25-19-9-6-17(15-24)7-10-19;/h2-5,11,13-14,17,19,23H,6-10,12,15,24H2,1H3;1H/t17-,19+,23?;. The van der Waals surface area contributed by atoms with Crippen molar-refractivity contribution in [2.45, 2.75) is 57.7 Å². The van der Waals surface area contributed by atoms with E-state index in [9.17, 15) is 0 Å². The van der Waals surface area contributed by atoms with E-state index >= 15 is 0 Å². The molecule has 3 nitrogen and oxygen atoms in total. The van der Waals surface area contributed by atoms with Crippen LogP contribution in [0.25, 0.3) is 0 Å². The Morgan fingerprint density at radius 1 is 1.04 bits per heavy atom.